The SMILES string of the molecule is O=P(O)(O)OP(=O)(O)OP(=O)(O)OC[C@H]1O[C@@H](n2ccc(=S)[nH]c2=S)[C@@](O)(CF)C1F. The van der Waals surface area contributed by atoms with Crippen molar-refractivity contribution in [3.8, 4) is 0 Å². The Labute approximate surface area is 181 Å². The maximum Gasteiger partial charge on any atom is 0.490 e. The third kappa shape index (κ3) is 6.85. The first kappa shape index (κ1) is 27.0. The van der Waals surface area contributed by atoms with Crippen molar-refractivity contribution in [1.29, 1.82) is 0 Å². The monoisotopic (exact) mass is 550 g/mol. The van der Waals surface area contributed by atoms with Crippen LogP contribution in [0.3, 0.4) is 0 Å². The molecule has 0 saturated carbocycles. The average Bonchev–Trinajstić information content (AvgIpc) is 2.82. The zero-order valence-electron chi connectivity index (χ0n) is 14.8. The van der Waals surface area contributed by atoms with Crippen molar-refractivity contribution >= 4 is 47.9 Å². The van der Waals surface area contributed by atoms with Crippen molar-refractivity contribution in [1.82, 2.24) is 9.55 Å². The van der Waals surface area contributed by atoms with Crippen molar-refractivity contribution < 1.29 is 65.0 Å². The number of aromatic nitrogens is 2. The molecule has 0 amide bonds. The fourth-order valence-electron chi connectivity index (χ4n) is 2.46. The molecular weight excluding hydrogens is 535 g/mol. The van der Waals surface area contributed by atoms with E-state index in [-0.39, 0.29) is 9.41 Å². The molecule has 14 nitrogen and oxygen atoms in total. The molecule has 0 bridgehead atoms. The number of rotatable bonds is 9. The van der Waals surface area contributed by atoms with Gasteiger partial charge in [0, 0.05) is 6.20 Å². The Morgan fingerprint density at radius 3 is 2.32 bits per heavy atom. The van der Waals surface area contributed by atoms with Gasteiger partial charge in [0.2, 0.25) is 0 Å². The lowest BCUT2D eigenvalue weighted by Gasteiger charge is -2.28. The first-order valence-corrected chi connectivity index (χ1v) is 13.0. The molecule has 31 heavy (non-hydrogen) atoms. The molecule has 1 fully saturated rings. The van der Waals surface area contributed by atoms with Gasteiger partial charge in [0.05, 0.1) is 6.61 Å². The van der Waals surface area contributed by atoms with Gasteiger partial charge in [0.15, 0.2) is 22.8 Å². The van der Waals surface area contributed by atoms with Crippen LogP contribution in [0, 0.1) is 9.41 Å². The largest absolute Gasteiger partial charge is 0.490 e. The quantitative estimate of drug-likeness (QED) is 0.190. The van der Waals surface area contributed by atoms with Crippen molar-refractivity contribution in [2.24, 2.45) is 0 Å². The summed E-state index contributed by atoms with van der Waals surface area (Å²) in [7, 11) is -17.0. The molecule has 2 heterocycles. The van der Waals surface area contributed by atoms with Crippen LogP contribution >= 0.6 is 47.9 Å². The van der Waals surface area contributed by atoms with Gasteiger partial charge < -0.3 is 34.4 Å². The topological polar surface area (TPSA) is 210 Å². The highest BCUT2D eigenvalue weighted by molar-refractivity contribution is 7.72. The minimum Gasteiger partial charge on any atom is -0.379 e. The second-order valence-corrected chi connectivity index (χ2v) is 11.2. The summed E-state index contributed by atoms with van der Waals surface area (Å²) in [5, 5.41) is 10.4. The van der Waals surface area contributed by atoms with Gasteiger partial charge in [-0.05, 0) is 18.3 Å². The predicted molar refractivity (Wildman–Crippen MR) is 100.0 cm³/mol. The Hall–Kier alpha value is -0.290. The molecular formula is C10H15F2N2O12P3S2. The van der Waals surface area contributed by atoms with E-state index in [0.29, 0.717) is 0 Å². The van der Waals surface area contributed by atoms with Crippen LogP contribution in [-0.2, 0) is 31.6 Å². The molecule has 6 N–H and O–H groups in total. The van der Waals surface area contributed by atoms with Gasteiger partial charge in [0.25, 0.3) is 0 Å². The highest BCUT2D eigenvalue weighted by Gasteiger charge is 2.58. The summed E-state index contributed by atoms with van der Waals surface area (Å²) in [6, 6.07) is 1.28. The molecule has 178 valence electrons. The third-order valence-corrected chi connectivity index (χ3v) is 8.02. The first-order chi connectivity index (χ1) is 14.0. The molecule has 1 aliphatic heterocycles. The molecule has 1 aromatic heterocycles. The maximum atomic E-state index is 14.7. The zero-order valence-corrected chi connectivity index (χ0v) is 19.1. The molecule has 1 saturated heterocycles. The Morgan fingerprint density at radius 2 is 1.81 bits per heavy atom. The van der Waals surface area contributed by atoms with E-state index in [1.807, 2.05) is 0 Å². The molecule has 0 aromatic carbocycles. The Bertz CT molecular complexity index is 1080. The Kier molecular flexibility index (Phi) is 8.28. The average molecular weight is 550 g/mol. The van der Waals surface area contributed by atoms with E-state index in [2.05, 4.69) is 18.1 Å². The molecule has 1 aliphatic rings. The van der Waals surface area contributed by atoms with Crippen molar-refractivity contribution in [3.63, 3.8) is 0 Å². The van der Waals surface area contributed by atoms with Crippen LogP contribution in [0.5, 0.6) is 0 Å². The van der Waals surface area contributed by atoms with E-state index in [1.54, 1.807) is 0 Å². The fourth-order valence-corrected chi connectivity index (χ4v) is 5.98. The molecule has 6 atom stereocenters. The number of aromatic amines is 1. The molecule has 1 aromatic rings. The van der Waals surface area contributed by atoms with Crippen LogP contribution in [0.25, 0.3) is 0 Å². The van der Waals surface area contributed by atoms with Crippen LogP contribution in [0.2, 0.25) is 0 Å². The van der Waals surface area contributed by atoms with Crippen molar-refractivity contribution in [2.45, 2.75) is 24.1 Å². The van der Waals surface area contributed by atoms with Gasteiger partial charge in [-0.3, -0.25) is 9.09 Å². The highest BCUT2D eigenvalue weighted by atomic mass is 32.1. The summed E-state index contributed by atoms with van der Waals surface area (Å²) < 4.78 is 79.2. The van der Waals surface area contributed by atoms with Gasteiger partial charge >= 0.3 is 23.5 Å². The number of hydrogen-bond acceptors (Lipinski definition) is 10. The highest BCUT2D eigenvalue weighted by Crippen LogP contribution is 2.66. The summed E-state index contributed by atoms with van der Waals surface area (Å²) in [5.74, 6) is 0. The number of H-pyrrole nitrogens is 1. The number of phosphoric acid groups is 3. The number of phosphoric ester groups is 1. The first-order valence-electron chi connectivity index (χ1n) is 7.67. The van der Waals surface area contributed by atoms with E-state index >= 15 is 0 Å². The van der Waals surface area contributed by atoms with E-state index in [1.165, 1.54) is 12.3 Å². The number of alkyl halides is 2. The number of hydrogen-bond donors (Lipinski definition) is 6. The smallest absolute Gasteiger partial charge is 0.379 e. The maximum absolute atomic E-state index is 14.7. The molecule has 2 rings (SSSR count). The lowest BCUT2D eigenvalue weighted by Crippen LogP contribution is -2.47. The van der Waals surface area contributed by atoms with Gasteiger partial charge in [-0.25, -0.2) is 22.5 Å². The summed E-state index contributed by atoms with van der Waals surface area (Å²) in [6.45, 7) is -2.91. The van der Waals surface area contributed by atoms with Gasteiger partial charge in [-0.2, -0.15) is 8.62 Å². The summed E-state index contributed by atoms with van der Waals surface area (Å²) in [5.41, 5.74) is -2.82. The minimum absolute atomic E-state index is 0.170. The van der Waals surface area contributed by atoms with Crippen LogP contribution < -0.4 is 0 Å². The molecule has 3 unspecified atom stereocenters. The van der Waals surface area contributed by atoms with Gasteiger partial charge in [-0.15, -0.1) is 0 Å². The van der Waals surface area contributed by atoms with E-state index in [4.69, 9.17) is 43.9 Å². The summed E-state index contributed by atoms with van der Waals surface area (Å²) in [4.78, 5) is 37.9. The third-order valence-electron chi connectivity index (χ3n) is 3.67. The van der Waals surface area contributed by atoms with Gasteiger partial charge in [0.1, 0.15) is 17.4 Å². The van der Waals surface area contributed by atoms with Crippen LogP contribution in [0.15, 0.2) is 12.3 Å². The number of halogens is 2. The molecule has 0 radical (unpaired) electrons. The van der Waals surface area contributed by atoms with Crippen LogP contribution in [-0.4, -0.2) is 65.4 Å². The number of ether oxygens (including phenoxy) is 1. The second kappa shape index (κ2) is 9.52. The number of aliphatic hydroxyl groups is 1. The van der Waals surface area contributed by atoms with E-state index in [9.17, 15) is 32.5 Å². The second-order valence-electron chi connectivity index (χ2n) is 5.96. The molecule has 0 aliphatic carbocycles. The zero-order chi connectivity index (χ0) is 23.8. The lowest BCUT2D eigenvalue weighted by molar-refractivity contribution is -0.112. The van der Waals surface area contributed by atoms with Crippen molar-refractivity contribution in [3.05, 3.63) is 21.7 Å². The number of nitrogens with zero attached hydrogens (tertiary/aromatic N) is 1. The molecule has 21 heteroatoms. The fraction of sp³-hybridized carbons (Fsp3) is 0.600. The Morgan fingerprint density at radius 1 is 1.19 bits per heavy atom. The number of nitrogens with one attached hydrogen (secondary N) is 1. The van der Waals surface area contributed by atoms with E-state index in [0.717, 1.165) is 4.57 Å². The summed E-state index contributed by atoms with van der Waals surface area (Å²) >= 11 is 9.81. The Balaban J connectivity index is 2.18. The standard InChI is InChI=1S/C10H15F2N2O12P3S2/c11-4-10(15)7(12)5(24-8(10)14-2-1-6(30)13-9(14)31)3-23-28(19,20)26-29(21,22)25-27(16,17)18/h1-2,5,7-8,15H,3-4H2,(H,19,20)(H,21,22)(H,13,30,31)(H2,16,17,18)/t5-,7?,8-,10-/m1/s1. The van der Waals surface area contributed by atoms with Gasteiger partial charge in [-0.1, -0.05) is 12.2 Å². The van der Waals surface area contributed by atoms with Crippen molar-refractivity contribution in [2.75, 3.05) is 13.3 Å². The lowest BCUT2D eigenvalue weighted by atomic mass is 9.97. The van der Waals surface area contributed by atoms with Crippen LogP contribution in [0.1, 0.15) is 6.23 Å². The minimum atomic E-state index is -5.79. The normalized spacial score (nSPS) is 30.6. The predicted octanol–water partition coefficient (Wildman–Crippen LogP) is 1.55. The van der Waals surface area contributed by atoms with Crippen LogP contribution in [0.4, 0.5) is 8.78 Å². The van der Waals surface area contributed by atoms with E-state index < -0.39 is 60.9 Å². The molecule has 0 spiro atoms. The summed E-state index contributed by atoms with van der Waals surface area (Å²) in [6.07, 6.45) is -5.08.